The molecule has 0 aromatic heterocycles. The van der Waals surface area contributed by atoms with E-state index in [-0.39, 0.29) is 17.8 Å². The maximum atomic E-state index is 12.9. The average Bonchev–Trinajstić information content (AvgIpc) is 3.05. The topological polar surface area (TPSA) is 55.8 Å². The van der Waals surface area contributed by atoms with Gasteiger partial charge in [-0.25, -0.2) is 0 Å². The highest BCUT2D eigenvalue weighted by Crippen LogP contribution is 2.45. The second-order valence-corrected chi connectivity index (χ2v) is 7.31. The van der Waals surface area contributed by atoms with E-state index in [2.05, 4.69) is 0 Å². The number of rotatable bonds is 4. The SMILES string of the molecule is Cc1cccc(C)c1N1CC2(C(=O)OCC(C)C)CCOC2C1=O. The highest BCUT2D eigenvalue weighted by atomic mass is 16.5. The summed E-state index contributed by atoms with van der Waals surface area (Å²) in [6, 6.07) is 5.93. The van der Waals surface area contributed by atoms with E-state index in [1.807, 2.05) is 45.9 Å². The van der Waals surface area contributed by atoms with Crippen LogP contribution in [0.2, 0.25) is 0 Å². The second-order valence-electron chi connectivity index (χ2n) is 7.31. The normalized spacial score (nSPS) is 26.1. The second kappa shape index (κ2) is 6.20. The fourth-order valence-corrected chi connectivity index (χ4v) is 3.70. The standard InChI is InChI=1S/C19H25NO4/c1-12(2)10-24-18(22)19-8-9-23-16(19)17(21)20(11-19)15-13(3)6-5-7-14(15)4/h5-7,12,16H,8-11H2,1-4H3. The van der Waals surface area contributed by atoms with Crippen LogP contribution in [0.1, 0.15) is 31.4 Å². The van der Waals surface area contributed by atoms with Crippen LogP contribution in [0.4, 0.5) is 5.69 Å². The Labute approximate surface area is 142 Å². The molecule has 0 bridgehead atoms. The van der Waals surface area contributed by atoms with Gasteiger partial charge in [-0.05, 0) is 37.3 Å². The first-order chi connectivity index (χ1) is 11.4. The largest absolute Gasteiger partial charge is 0.465 e. The van der Waals surface area contributed by atoms with Gasteiger partial charge < -0.3 is 14.4 Å². The van der Waals surface area contributed by atoms with Crippen molar-refractivity contribution in [2.24, 2.45) is 11.3 Å². The molecular formula is C19H25NO4. The van der Waals surface area contributed by atoms with Crippen LogP contribution in [-0.4, -0.2) is 37.7 Å². The summed E-state index contributed by atoms with van der Waals surface area (Å²) >= 11 is 0. The zero-order valence-electron chi connectivity index (χ0n) is 14.8. The number of carbonyl (C=O) groups is 2. The van der Waals surface area contributed by atoms with Crippen LogP contribution in [0.15, 0.2) is 18.2 Å². The molecule has 130 valence electrons. The van der Waals surface area contributed by atoms with Crippen molar-refractivity contribution >= 4 is 17.6 Å². The molecule has 5 nitrogen and oxygen atoms in total. The van der Waals surface area contributed by atoms with Gasteiger partial charge >= 0.3 is 5.97 Å². The molecule has 5 heteroatoms. The van der Waals surface area contributed by atoms with Gasteiger partial charge in [0.1, 0.15) is 5.41 Å². The Hall–Kier alpha value is -1.88. The molecule has 2 atom stereocenters. The van der Waals surface area contributed by atoms with Crippen molar-refractivity contribution < 1.29 is 19.1 Å². The van der Waals surface area contributed by atoms with Crippen molar-refractivity contribution in [3.8, 4) is 0 Å². The molecule has 2 fully saturated rings. The first-order valence-corrected chi connectivity index (χ1v) is 8.53. The Bertz CT molecular complexity index is 649. The molecule has 2 aliphatic heterocycles. The summed E-state index contributed by atoms with van der Waals surface area (Å²) in [6.45, 7) is 9.08. The van der Waals surface area contributed by atoms with E-state index in [1.54, 1.807) is 4.90 Å². The summed E-state index contributed by atoms with van der Waals surface area (Å²) in [4.78, 5) is 27.4. The van der Waals surface area contributed by atoms with Crippen LogP contribution in [0.5, 0.6) is 0 Å². The third-order valence-corrected chi connectivity index (χ3v) is 4.93. The maximum absolute atomic E-state index is 12.9. The van der Waals surface area contributed by atoms with E-state index in [4.69, 9.17) is 9.47 Å². The van der Waals surface area contributed by atoms with Crippen LogP contribution in [0, 0.1) is 25.2 Å². The molecule has 2 heterocycles. The fourth-order valence-electron chi connectivity index (χ4n) is 3.70. The van der Waals surface area contributed by atoms with E-state index in [9.17, 15) is 9.59 Å². The average molecular weight is 331 g/mol. The number of aryl methyl sites for hydroxylation is 2. The van der Waals surface area contributed by atoms with Gasteiger partial charge in [-0.15, -0.1) is 0 Å². The molecule has 2 aliphatic rings. The number of benzene rings is 1. The highest BCUT2D eigenvalue weighted by molar-refractivity contribution is 6.06. The molecule has 2 saturated heterocycles. The van der Waals surface area contributed by atoms with E-state index >= 15 is 0 Å². The predicted octanol–water partition coefficient (Wildman–Crippen LogP) is 2.62. The van der Waals surface area contributed by atoms with Crippen LogP contribution in [0.3, 0.4) is 0 Å². The van der Waals surface area contributed by atoms with Crippen molar-refractivity contribution in [1.82, 2.24) is 0 Å². The minimum absolute atomic E-state index is 0.133. The third-order valence-electron chi connectivity index (χ3n) is 4.93. The fraction of sp³-hybridized carbons (Fsp3) is 0.579. The number of fused-ring (bicyclic) bond motifs is 1. The molecule has 24 heavy (non-hydrogen) atoms. The molecule has 0 saturated carbocycles. The van der Waals surface area contributed by atoms with E-state index in [0.29, 0.717) is 26.2 Å². The zero-order chi connectivity index (χ0) is 17.5. The summed E-state index contributed by atoms with van der Waals surface area (Å²) in [5, 5.41) is 0. The summed E-state index contributed by atoms with van der Waals surface area (Å²) in [6.07, 6.45) is -0.196. The first-order valence-electron chi connectivity index (χ1n) is 8.53. The first kappa shape index (κ1) is 17.0. The van der Waals surface area contributed by atoms with Crippen LogP contribution >= 0.6 is 0 Å². The molecule has 2 unspecified atom stereocenters. The minimum Gasteiger partial charge on any atom is -0.465 e. The highest BCUT2D eigenvalue weighted by Gasteiger charge is 2.62. The van der Waals surface area contributed by atoms with Gasteiger partial charge in [-0.1, -0.05) is 32.0 Å². The van der Waals surface area contributed by atoms with Crippen molar-refractivity contribution in [2.45, 2.75) is 40.2 Å². The Morgan fingerprint density at radius 2 is 2.04 bits per heavy atom. The lowest BCUT2D eigenvalue weighted by molar-refractivity contribution is -0.159. The van der Waals surface area contributed by atoms with Crippen LogP contribution in [0.25, 0.3) is 0 Å². The lowest BCUT2D eigenvalue weighted by atomic mass is 9.83. The van der Waals surface area contributed by atoms with Gasteiger partial charge in [0.25, 0.3) is 5.91 Å². The Balaban J connectivity index is 1.92. The van der Waals surface area contributed by atoms with Gasteiger partial charge in [0.2, 0.25) is 0 Å². The number of hydrogen-bond acceptors (Lipinski definition) is 4. The Morgan fingerprint density at radius 1 is 1.38 bits per heavy atom. The van der Waals surface area contributed by atoms with Crippen LogP contribution < -0.4 is 4.90 Å². The number of hydrogen-bond donors (Lipinski definition) is 0. The summed E-state index contributed by atoms with van der Waals surface area (Å²) in [5.74, 6) is -0.176. The number of ether oxygens (including phenoxy) is 2. The van der Waals surface area contributed by atoms with E-state index < -0.39 is 11.5 Å². The monoisotopic (exact) mass is 331 g/mol. The number of esters is 1. The molecule has 1 amide bonds. The molecule has 0 N–H and O–H groups in total. The lowest BCUT2D eigenvalue weighted by Crippen LogP contribution is -2.41. The number of amides is 1. The maximum Gasteiger partial charge on any atom is 0.317 e. The van der Waals surface area contributed by atoms with Crippen molar-refractivity contribution in [2.75, 3.05) is 24.7 Å². The van der Waals surface area contributed by atoms with E-state index in [1.165, 1.54) is 0 Å². The van der Waals surface area contributed by atoms with Gasteiger partial charge in [0.05, 0.1) is 6.61 Å². The number of para-hydroxylation sites is 1. The lowest BCUT2D eigenvalue weighted by Gasteiger charge is -2.26. The van der Waals surface area contributed by atoms with Crippen LogP contribution in [-0.2, 0) is 19.1 Å². The Morgan fingerprint density at radius 3 is 2.67 bits per heavy atom. The molecule has 1 aromatic carbocycles. The molecule has 0 aliphatic carbocycles. The van der Waals surface area contributed by atoms with Gasteiger partial charge in [0.15, 0.2) is 6.10 Å². The van der Waals surface area contributed by atoms with E-state index in [0.717, 1.165) is 16.8 Å². The molecule has 3 rings (SSSR count). The number of nitrogens with zero attached hydrogens (tertiary/aromatic N) is 1. The van der Waals surface area contributed by atoms with Crippen molar-refractivity contribution in [1.29, 1.82) is 0 Å². The smallest absolute Gasteiger partial charge is 0.317 e. The van der Waals surface area contributed by atoms with Crippen molar-refractivity contribution in [3.05, 3.63) is 29.3 Å². The quantitative estimate of drug-likeness (QED) is 0.796. The summed E-state index contributed by atoms with van der Waals surface area (Å²) < 4.78 is 11.1. The zero-order valence-corrected chi connectivity index (χ0v) is 14.8. The van der Waals surface area contributed by atoms with Gasteiger partial charge in [-0.3, -0.25) is 9.59 Å². The molecule has 0 radical (unpaired) electrons. The molecule has 1 aromatic rings. The molecular weight excluding hydrogens is 306 g/mol. The minimum atomic E-state index is -0.874. The third kappa shape index (κ3) is 2.61. The summed E-state index contributed by atoms with van der Waals surface area (Å²) in [5.41, 5.74) is 2.06. The van der Waals surface area contributed by atoms with Gasteiger partial charge in [0, 0.05) is 18.8 Å². The number of carbonyl (C=O) groups excluding carboxylic acids is 2. The number of anilines is 1. The molecule has 0 spiro atoms. The van der Waals surface area contributed by atoms with Crippen molar-refractivity contribution in [3.63, 3.8) is 0 Å². The predicted molar refractivity (Wildman–Crippen MR) is 90.9 cm³/mol. The van der Waals surface area contributed by atoms with Gasteiger partial charge in [-0.2, -0.15) is 0 Å². The summed E-state index contributed by atoms with van der Waals surface area (Å²) in [7, 11) is 0. The Kier molecular flexibility index (Phi) is 4.38.